The fourth-order valence-corrected chi connectivity index (χ4v) is 3.50. The second kappa shape index (κ2) is 6.84. The summed E-state index contributed by atoms with van der Waals surface area (Å²) in [6.45, 7) is 0. The van der Waals surface area contributed by atoms with Crippen LogP contribution in [0, 0.1) is 10.1 Å². The highest BCUT2D eigenvalue weighted by Crippen LogP contribution is 2.30. The first-order chi connectivity index (χ1) is 12.4. The van der Waals surface area contributed by atoms with Gasteiger partial charge in [-0.1, -0.05) is 12.1 Å². The SMILES string of the molecule is COc1cc([N+](=O)[O-])ccc1S(=O)(=O)Nc1cccc(-c2cnco2)c1. The molecular weight excluding hydrogens is 362 g/mol. The third-order valence-electron chi connectivity index (χ3n) is 3.48. The first-order valence-electron chi connectivity index (χ1n) is 7.25. The van der Waals surface area contributed by atoms with E-state index in [1.165, 1.54) is 19.7 Å². The van der Waals surface area contributed by atoms with E-state index in [4.69, 9.17) is 9.15 Å². The number of aromatic nitrogens is 1. The van der Waals surface area contributed by atoms with Crippen molar-refractivity contribution < 1.29 is 22.5 Å². The highest BCUT2D eigenvalue weighted by molar-refractivity contribution is 7.92. The van der Waals surface area contributed by atoms with Crippen LogP contribution in [0.3, 0.4) is 0 Å². The Kier molecular flexibility index (Phi) is 4.59. The van der Waals surface area contributed by atoms with Crippen LogP contribution in [0.25, 0.3) is 11.3 Å². The molecule has 0 amide bonds. The number of oxazole rings is 1. The Balaban J connectivity index is 1.95. The fourth-order valence-electron chi connectivity index (χ4n) is 2.30. The van der Waals surface area contributed by atoms with E-state index in [0.29, 0.717) is 17.0 Å². The van der Waals surface area contributed by atoms with Gasteiger partial charge in [0.2, 0.25) is 0 Å². The molecule has 1 heterocycles. The second-order valence-corrected chi connectivity index (χ2v) is 6.80. The number of nitrogens with one attached hydrogen (secondary N) is 1. The van der Waals surface area contributed by atoms with E-state index >= 15 is 0 Å². The lowest BCUT2D eigenvalue weighted by atomic mass is 10.2. The molecule has 0 saturated carbocycles. The quantitative estimate of drug-likeness (QED) is 0.518. The first kappa shape index (κ1) is 17.4. The van der Waals surface area contributed by atoms with Crippen LogP contribution in [-0.4, -0.2) is 25.4 Å². The monoisotopic (exact) mass is 375 g/mol. The maximum Gasteiger partial charge on any atom is 0.273 e. The number of benzene rings is 2. The standard InChI is InChI=1S/C16H13N3O6S/c1-24-14-8-13(19(20)21)5-6-16(14)26(22,23)18-12-4-2-3-11(7-12)15-9-17-10-25-15/h2-10,18H,1H3. The molecule has 0 aliphatic heterocycles. The molecule has 0 atom stereocenters. The summed E-state index contributed by atoms with van der Waals surface area (Å²) >= 11 is 0. The van der Waals surface area contributed by atoms with Crippen LogP contribution in [0.2, 0.25) is 0 Å². The minimum atomic E-state index is -4.03. The van der Waals surface area contributed by atoms with Gasteiger partial charge in [-0.25, -0.2) is 13.4 Å². The van der Waals surface area contributed by atoms with Crippen molar-refractivity contribution in [2.75, 3.05) is 11.8 Å². The van der Waals surface area contributed by atoms with Crippen molar-refractivity contribution in [1.29, 1.82) is 0 Å². The molecule has 26 heavy (non-hydrogen) atoms. The zero-order chi connectivity index (χ0) is 18.7. The third-order valence-corrected chi connectivity index (χ3v) is 4.90. The summed E-state index contributed by atoms with van der Waals surface area (Å²) in [6, 6.07) is 9.82. The number of nitro groups is 1. The summed E-state index contributed by atoms with van der Waals surface area (Å²) in [5.41, 5.74) is 0.658. The molecular formula is C16H13N3O6S. The lowest BCUT2D eigenvalue weighted by molar-refractivity contribution is -0.385. The Morgan fingerprint density at radius 2 is 2.04 bits per heavy atom. The van der Waals surface area contributed by atoms with Gasteiger partial charge in [-0.05, 0) is 18.2 Å². The van der Waals surface area contributed by atoms with Crippen LogP contribution < -0.4 is 9.46 Å². The van der Waals surface area contributed by atoms with Crippen LogP contribution in [0.15, 0.2) is 64.4 Å². The topological polar surface area (TPSA) is 125 Å². The minimum absolute atomic E-state index is 0.127. The predicted molar refractivity (Wildman–Crippen MR) is 92.4 cm³/mol. The number of nitro benzene ring substituents is 1. The molecule has 10 heteroatoms. The van der Waals surface area contributed by atoms with Crippen LogP contribution in [0.4, 0.5) is 11.4 Å². The number of hydrogen-bond donors (Lipinski definition) is 1. The van der Waals surface area contributed by atoms with Crippen molar-refractivity contribution in [2.45, 2.75) is 4.90 Å². The minimum Gasteiger partial charge on any atom is -0.495 e. The Morgan fingerprint density at radius 3 is 2.69 bits per heavy atom. The molecule has 0 aliphatic rings. The van der Waals surface area contributed by atoms with Gasteiger partial charge >= 0.3 is 0 Å². The van der Waals surface area contributed by atoms with Gasteiger partial charge in [0.15, 0.2) is 12.2 Å². The number of sulfonamides is 1. The normalized spacial score (nSPS) is 11.1. The molecule has 0 fully saturated rings. The van der Waals surface area contributed by atoms with Crippen LogP contribution in [0.1, 0.15) is 0 Å². The van der Waals surface area contributed by atoms with Crippen molar-refractivity contribution >= 4 is 21.4 Å². The average Bonchev–Trinajstić information content (AvgIpc) is 3.15. The largest absolute Gasteiger partial charge is 0.495 e. The summed E-state index contributed by atoms with van der Waals surface area (Å²) in [7, 11) is -2.79. The van der Waals surface area contributed by atoms with E-state index in [1.807, 2.05) is 0 Å². The van der Waals surface area contributed by atoms with E-state index in [0.717, 1.165) is 18.2 Å². The lowest BCUT2D eigenvalue weighted by Crippen LogP contribution is -2.14. The van der Waals surface area contributed by atoms with Gasteiger partial charge in [-0.3, -0.25) is 14.8 Å². The zero-order valence-electron chi connectivity index (χ0n) is 13.4. The molecule has 3 aromatic rings. The molecule has 0 aliphatic carbocycles. The molecule has 0 radical (unpaired) electrons. The Hall–Kier alpha value is -3.40. The summed E-state index contributed by atoms with van der Waals surface area (Å²) in [4.78, 5) is 13.8. The Bertz CT molecular complexity index is 1050. The van der Waals surface area contributed by atoms with Crippen molar-refractivity contribution in [2.24, 2.45) is 0 Å². The van der Waals surface area contributed by atoms with Gasteiger partial charge in [0.05, 0.1) is 24.3 Å². The van der Waals surface area contributed by atoms with Crippen LogP contribution >= 0.6 is 0 Å². The molecule has 9 nitrogen and oxygen atoms in total. The molecule has 0 unspecified atom stereocenters. The van der Waals surface area contributed by atoms with E-state index in [2.05, 4.69) is 9.71 Å². The molecule has 0 saturated heterocycles. The fraction of sp³-hybridized carbons (Fsp3) is 0.0625. The smallest absolute Gasteiger partial charge is 0.273 e. The average molecular weight is 375 g/mol. The number of non-ortho nitro benzene ring substituents is 1. The summed E-state index contributed by atoms with van der Waals surface area (Å²) < 4.78 is 37.9. The van der Waals surface area contributed by atoms with Crippen molar-refractivity contribution in [1.82, 2.24) is 4.98 Å². The van der Waals surface area contributed by atoms with Crippen LogP contribution in [-0.2, 0) is 10.0 Å². The number of rotatable bonds is 6. The maximum absolute atomic E-state index is 12.7. The highest BCUT2D eigenvalue weighted by atomic mass is 32.2. The number of ether oxygens (including phenoxy) is 1. The molecule has 1 aromatic heterocycles. The van der Waals surface area contributed by atoms with E-state index in [-0.39, 0.29) is 16.3 Å². The van der Waals surface area contributed by atoms with Crippen molar-refractivity contribution in [3.63, 3.8) is 0 Å². The number of hydrogen-bond acceptors (Lipinski definition) is 7. The van der Waals surface area contributed by atoms with Gasteiger partial charge in [0.25, 0.3) is 15.7 Å². The van der Waals surface area contributed by atoms with Crippen molar-refractivity contribution in [3.05, 3.63) is 65.2 Å². The van der Waals surface area contributed by atoms with Gasteiger partial charge in [-0.15, -0.1) is 0 Å². The van der Waals surface area contributed by atoms with E-state index in [1.54, 1.807) is 24.3 Å². The molecule has 0 bridgehead atoms. The number of anilines is 1. The second-order valence-electron chi connectivity index (χ2n) is 5.14. The molecule has 2 aromatic carbocycles. The van der Waals surface area contributed by atoms with Gasteiger partial charge in [-0.2, -0.15) is 0 Å². The molecule has 0 spiro atoms. The van der Waals surface area contributed by atoms with Gasteiger partial charge in [0.1, 0.15) is 10.6 Å². The summed E-state index contributed by atoms with van der Waals surface area (Å²) in [5, 5.41) is 10.8. The van der Waals surface area contributed by atoms with Gasteiger partial charge < -0.3 is 9.15 Å². The maximum atomic E-state index is 12.7. The summed E-state index contributed by atoms with van der Waals surface area (Å²) in [5.74, 6) is 0.358. The first-order valence-corrected chi connectivity index (χ1v) is 8.73. The zero-order valence-corrected chi connectivity index (χ0v) is 14.3. The van der Waals surface area contributed by atoms with Gasteiger partial charge in [0, 0.05) is 17.3 Å². The third kappa shape index (κ3) is 3.49. The molecule has 3 rings (SSSR count). The van der Waals surface area contributed by atoms with Crippen LogP contribution in [0.5, 0.6) is 5.75 Å². The number of nitrogens with zero attached hydrogens (tertiary/aromatic N) is 2. The van der Waals surface area contributed by atoms with Crippen molar-refractivity contribution in [3.8, 4) is 17.1 Å². The Morgan fingerprint density at radius 1 is 1.23 bits per heavy atom. The highest BCUT2D eigenvalue weighted by Gasteiger charge is 2.22. The van der Waals surface area contributed by atoms with E-state index in [9.17, 15) is 18.5 Å². The Labute approximate surface area is 148 Å². The lowest BCUT2D eigenvalue weighted by Gasteiger charge is -2.12. The van der Waals surface area contributed by atoms with E-state index < -0.39 is 14.9 Å². The number of methoxy groups -OCH3 is 1. The molecule has 134 valence electrons. The molecule has 1 N–H and O–H groups in total. The predicted octanol–water partition coefficient (Wildman–Crippen LogP) is 3.06. The summed E-state index contributed by atoms with van der Waals surface area (Å²) in [6.07, 6.45) is 2.78.